The molecule has 1 heterocycles. The van der Waals surface area contributed by atoms with Crippen molar-refractivity contribution in [1.29, 1.82) is 0 Å². The van der Waals surface area contributed by atoms with Gasteiger partial charge < -0.3 is 15.4 Å². The lowest BCUT2D eigenvalue weighted by Crippen LogP contribution is -2.47. The van der Waals surface area contributed by atoms with Crippen molar-refractivity contribution in [3.8, 4) is 0 Å². The lowest BCUT2D eigenvalue weighted by atomic mass is 9.79. The summed E-state index contributed by atoms with van der Waals surface area (Å²) in [6, 6.07) is 1.52. The maximum absolute atomic E-state index is 5.66. The van der Waals surface area contributed by atoms with E-state index in [0.717, 1.165) is 44.2 Å². The van der Waals surface area contributed by atoms with Crippen molar-refractivity contribution in [2.45, 2.75) is 70.9 Å². The SMILES string of the molecule is CC(C)COCCCNC1CCCCC1C1CCCN1. The Labute approximate surface area is 125 Å². The van der Waals surface area contributed by atoms with Crippen LogP contribution in [0, 0.1) is 11.8 Å². The number of nitrogens with one attached hydrogen (secondary N) is 2. The van der Waals surface area contributed by atoms with Crippen molar-refractivity contribution < 1.29 is 4.74 Å². The first kappa shape index (κ1) is 16.3. The summed E-state index contributed by atoms with van der Waals surface area (Å²) in [6.45, 7) is 8.57. The second-order valence-corrected chi connectivity index (χ2v) is 7.03. The summed E-state index contributed by atoms with van der Waals surface area (Å²) in [5.41, 5.74) is 0. The van der Waals surface area contributed by atoms with Crippen LogP contribution in [0.1, 0.15) is 58.8 Å². The van der Waals surface area contributed by atoms with Crippen LogP contribution in [0.2, 0.25) is 0 Å². The summed E-state index contributed by atoms with van der Waals surface area (Å²) in [7, 11) is 0. The molecule has 1 aliphatic heterocycles. The van der Waals surface area contributed by atoms with E-state index < -0.39 is 0 Å². The van der Waals surface area contributed by atoms with E-state index in [0.29, 0.717) is 5.92 Å². The van der Waals surface area contributed by atoms with E-state index in [-0.39, 0.29) is 0 Å². The van der Waals surface area contributed by atoms with E-state index in [1.54, 1.807) is 0 Å². The van der Waals surface area contributed by atoms with Crippen molar-refractivity contribution in [3.63, 3.8) is 0 Å². The number of hydrogen-bond donors (Lipinski definition) is 2. The van der Waals surface area contributed by atoms with Crippen LogP contribution in [0.5, 0.6) is 0 Å². The lowest BCUT2D eigenvalue weighted by molar-refractivity contribution is 0.106. The van der Waals surface area contributed by atoms with E-state index >= 15 is 0 Å². The predicted octanol–water partition coefficient (Wildman–Crippen LogP) is 2.95. The average Bonchev–Trinajstić information content (AvgIpc) is 2.97. The molecule has 2 rings (SSSR count). The van der Waals surface area contributed by atoms with Gasteiger partial charge >= 0.3 is 0 Å². The highest BCUT2D eigenvalue weighted by Crippen LogP contribution is 2.30. The Bertz CT molecular complexity index is 251. The largest absolute Gasteiger partial charge is 0.381 e. The van der Waals surface area contributed by atoms with E-state index in [1.165, 1.54) is 45.1 Å². The van der Waals surface area contributed by atoms with E-state index in [4.69, 9.17) is 4.74 Å². The Kier molecular flexibility index (Phi) is 7.32. The molecule has 0 aromatic heterocycles. The van der Waals surface area contributed by atoms with Gasteiger partial charge in [0.25, 0.3) is 0 Å². The molecular weight excluding hydrogens is 248 g/mol. The van der Waals surface area contributed by atoms with Crippen LogP contribution in [0.25, 0.3) is 0 Å². The molecule has 0 aromatic carbocycles. The molecule has 2 N–H and O–H groups in total. The van der Waals surface area contributed by atoms with Gasteiger partial charge in [-0.15, -0.1) is 0 Å². The number of ether oxygens (including phenoxy) is 1. The molecule has 3 unspecified atom stereocenters. The molecule has 0 spiro atoms. The van der Waals surface area contributed by atoms with Crippen molar-refractivity contribution in [1.82, 2.24) is 10.6 Å². The summed E-state index contributed by atoms with van der Waals surface area (Å²) in [5.74, 6) is 1.52. The molecule has 1 saturated heterocycles. The van der Waals surface area contributed by atoms with Crippen molar-refractivity contribution >= 4 is 0 Å². The van der Waals surface area contributed by atoms with Gasteiger partial charge in [-0.3, -0.25) is 0 Å². The monoisotopic (exact) mass is 282 g/mol. The normalized spacial score (nSPS) is 31.1. The Morgan fingerprint density at radius 3 is 2.75 bits per heavy atom. The predicted molar refractivity (Wildman–Crippen MR) is 85.0 cm³/mol. The molecule has 0 amide bonds. The lowest BCUT2D eigenvalue weighted by Gasteiger charge is -2.36. The van der Waals surface area contributed by atoms with E-state index in [2.05, 4.69) is 24.5 Å². The first-order chi connectivity index (χ1) is 9.77. The van der Waals surface area contributed by atoms with E-state index in [1.807, 2.05) is 0 Å². The summed E-state index contributed by atoms with van der Waals surface area (Å²) >= 11 is 0. The van der Waals surface area contributed by atoms with Crippen LogP contribution in [-0.2, 0) is 4.74 Å². The molecule has 3 nitrogen and oxygen atoms in total. The second-order valence-electron chi connectivity index (χ2n) is 7.03. The van der Waals surface area contributed by atoms with Gasteiger partial charge in [-0.25, -0.2) is 0 Å². The maximum atomic E-state index is 5.66. The quantitative estimate of drug-likeness (QED) is 0.672. The third-order valence-corrected chi connectivity index (χ3v) is 4.76. The molecule has 2 fully saturated rings. The van der Waals surface area contributed by atoms with Crippen LogP contribution in [0.15, 0.2) is 0 Å². The zero-order chi connectivity index (χ0) is 14.2. The third kappa shape index (κ3) is 5.34. The van der Waals surface area contributed by atoms with Crippen molar-refractivity contribution in [3.05, 3.63) is 0 Å². The minimum absolute atomic E-state index is 0.652. The fraction of sp³-hybridized carbons (Fsp3) is 1.00. The van der Waals surface area contributed by atoms with Crippen LogP contribution < -0.4 is 10.6 Å². The molecular formula is C17H34N2O. The third-order valence-electron chi connectivity index (χ3n) is 4.76. The molecule has 2 aliphatic rings. The summed E-state index contributed by atoms with van der Waals surface area (Å²) in [5, 5.41) is 7.53. The average molecular weight is 282 g/mol. The van der Waals surface area contributed by atoms with Gasteiger partial charge in [0.15, 0.2) is 0 Å². The van der Waals surface area contributed by atoms with Crippen LogP contribution in [-0.4, -0.2) is 38.4 Å². The first-order valence-corrected chi connectivity index (χ1v) is 8.82. The molecule has 0 aromatic rings. The van der Waals surface area contributed by atoms with Gasteiger partial charge in [-0.2, -0.15) is 0 Å². The van der Waals surface area contributed by atoms with Crippen molar-refractivity contribution in [2.75, 3.05) is 26.3 Å². The van der Waals surface area contributed by atoms with Gasteiger partial charge in [0.05, 0.1) is 0 Å². The molecule has 1 saturated carbocycles. The summed E-state index contributed by atoms with van der Waals surface area (Å²) in [6.07, 6.45) is 9.53. The van der Waals surface area contributed by atoms with Gasteiger partial charge in [-0.1, -0.05) is 26.7 Å². The molecule has 20 heavy (non-hydrogen) atoms. The standard InChI is InChI=1S/C17H34N2O/c1-14(2)13-20-12-6-11-19-16-8-4-3-7-15(16)17-9-5-10-18-17/h14-19H,3-13H2,1-2H3. The molecule has 0 radical (unpaired) electrons. The Morgan fingerprint density at radius 2 is 2.00 bits per heavy atom. The Balaban J connectivity index is 1.62. The van der Waals surface area contributed by atoms with E-state index in [9.17, 15) is 0 Å². The van der Waals surface area contributed by atoms with Crippen LogP contribution in [0.4, 0.5) is 0 Å². The fourth-order valence-corrected chi connectivity index (χ4v) is 3.75. The molecule has 1 aliphatic carbocycles. The highest BCUT2D eigenvalue weighted by Gasteiger charge is 2.32. The number of rotatable bonds is 8. The highest BCUT2D eigenvalue weighted by atomic mass is 16.5. The summed E-state index contributed by atoms with van der Waals surface area (Å²) in [4.78, 5) is 0. The summed E-state index contributed by atoms with van der Waals surface area (Å²) < 4.78 is 5.66. The zero-order valence-corrected chi connectivity index (χ0v) is 13.5. The fourth-order valence-electron chi connectivity index (χ4n) is 3.75. The highest BCUT2D eigenvalue weighted by molar-refractivity contribution is 4.91. The first-order valence-electron chi connectivity index (χ1n) is 8.82. The Hall–Kier alpha value is -0.120. The molecule has 118 valence electrons. The van der Waals surface area contributed by atoms with Crippen LogP contribution >= 0.6 is 0 Å². The zero-order valence-electron chi connectivity index (χ0n) is 13.5. The van der Waals surface area contributed by atoms with Gasteiger partial charge in [0.1, 0.15) is 0 Å². The number of hydrogen-bond acceptors (Lipinski definition) is 3. The minimum atomic E-state index is 0.652. The molecule has 3 atom stereocenters. The smallest absolute Gasteiger partial charge is 0.0489 e. The molecule has 3 heteroatoms. The Morgan fingerprint density at radius 1 is 1.15 bits per heavy atom. The van der Waals surface area contributed by atoms with Gasteiger partial charge in [0, 0.05) is 25.3 Å². The van der Waals surface area contributed by atoms with Gasteiger partial charge in [0.2, 0.25) is 0 Å². The molecule has 0 bridgehead atoms. The maximum Gasteiger partial charge on any atom is 0.0489 e. The topological polar surface area (TPSA) is 33.3 Å². The van der Waals surface area contributed by atoms with Crippen LogP contribution in [0.3, 0.4) is 0 Å². The minimum Gasteiger partial charge on any atom is -0.381 e. The second kappa shape index (κ2) is 9.01. The van der Waals surface area contributed by atoms with Crippen molar-refractivity contribution in [2.24, 2.45) is 11.8 Å². The van der Waals surface area contributed by atoms with Gasteiger partial charge in [-0.05, 0) is 57.0 Å².